The number of ether oxygens (including phenoxy) is 1. The first-order valence-electron chi connectivity index (χ1n) is 1.61. The Labute approximate surface area is 127 Å². The van der Waals surface area contributed by atoms with Crippen LogP contribution in [0, 0.1) is 0 Å². The van der Waals surface area contributed by atoms with Gasteiger partial charge in [-0.2, -0.15) is 0 Å². The third kappa shape index (κ3) is 15.9. The Morgan fingerprint density at radius 3 is 2.25 bits per heavy atom. The fraction of sp³-hybridized carbons (Fsp3) is 0.667. The van der Waals surface area contributed by atoms with Gasteiger partial charge in [0.25, 0.3) is 0 Å². The molecule has 0 bridgehead atoms. The molecule has 0 saturated heterocycles. The van der Waals surface area contributed by atoms with E-state index in [1.165, 1.54) is 0 Å². The van der Waals surface area contributed by atoms with E-state index in [1.807, 2.05) is 6.92 Å². The van der Waals surface area contributed by atoms with E-state index in [0.717, 1.165) is 0 Å². The summed E-state index contributed by atoms with van der Waals surface area (Å²) in [6.45, 7) is 2.43. The molecule has 0 saturated carbocycles. The molecule has 0 aromatic carbocycles. The van der Waals surface area contributed by atoms with Crippen LogP contribution in [0.2, 0.25) is 0 Å². The zero-order valence-electron chi connectivity index (χ0n) is 6.43. The number of rotatable bonds is 1. The Hall–Kier alpha value is 2.75. The summed E-state index contributed by atoms with van der Waals surface area (Å²) in [4.78, 5) is 0. The number of thiocarbonyl (C=S) groups is 1. The van der Waals surface area contributed by atoms with Crippen molar-refractivity contribution >= 4 is 29.2 Å². The number of hydrogen-bond donors (Lipinski definition) is 0. The van der Waals surface area contributed by atoms with Gasteiger partial charge in [0.1, 0.15) is 0 Å². The van der Waals surface area contributed by atoms with E-state index in [2.05, 4.69) is 29.6 Å². The summed E-state index contributed by atoms with van der Waals surface area (Å²) in [5, 5.41) is 0. The van der Waals surface area contributed by atoms with Crippen molar-refractivity contribution in [1.29, 1.82) is 0 Å². The maximum absolute atomic E-state index is 4.59. The molecule has 0 spiro atoms. The van der Waals surface area contributed by atoms with E-state index in [4.69, 9.17) is 0 Å². The number of hydrogen-bond acceptors (Lipinski definition) is 3. The van der Waals surface area contributed by atoms with Crippen molar-refractivity contribution in [3.63, 3.8) is 0 Å². The second-order valence-electron chi connectivity index (χ2n) is 0.683. The molecule has 0 heterocycles. The van der Waals surface area contributed by atoms with Crippen LogP contribution in [0.5, 0.6) is 0 Å². The minimum atomic E-state index is 0. The van der Waals surface area contributed by atoms with Crippen LogP contribution in [0.25, 0.3) is 0 Å². The Balaban J connectivity index is -0.0000000417. The summed E-state index contributed by atoms with van der Waals surface area (Å²) in [6.07, 6.45) is 0. The quantitative estimate of drug-likeness (QED) is 0.229. The molecule has 0 radical (unpaired) electrons. The molecule has 0 aliphatic rings. The molecule has 0 aromatic heterocycles. The van der Waals surface area contributed by atoms with Crippen LogP contribution in [0.1, 0.15) is 8.35 Å². The maximum atomic E-state index is 4.59. The van der Waals surface area contributed by atoms with Gasteiger partial charge in [0.2, 0.25) is 0 Å². The predicted octanol–water partition coefficient (Wildman–Crippen LogP) is -5.02. The van der Waals surface area contributed by atoms with Gasteiger partial charge in [-0.3, -0.25) is 0 Å². The standard InChI is InChI=1S/C3H6OS2.K.Na.H/c1-2-4-3(5)6;;;/h2H2,1H3,(H,5,6);;;/q;2*+1;-1/p-1. The van der Waals surface area contributed by atoms with E-state index >= 15 is 0 Å². The van der Waals surface area contributed by atoms with Crippen LogP contribution in [-0.2, 0) is 17.4 Å². The summed E-state index contributed by atoms with van der Waals surface area (Å²) in [5.74, 6) is 0. The van der Waals surface area contributed by atoms with Crippen molar-refractivity contribution in [3.05, 3.63) is 0 Å². The first-order valence-corrected chi connectivity index (χ1v) is 2.42. The molecule has 0 aliphatic carbocycles. The van der Waals surface area contributed by atoms with Crippen molar-refractivity contribution in [2.45, 2.75) is 6.92 Å². The van der Waals surface area contributed by atoms with E-state index in [-0.39, 0.29) is 86.8 Å². The minimum absolute atomic E-state index is 0. The Kier molecular flexibility index (Phi) is 26.4. The molecule has 0 rings (SSSR count). The summed E-state index contributed by atoms with van der Waals surface area (Å²) < 4.78 is 4.79. The smallest absolute Gasteiger partial charge is 1.00 e. The molecule has 0 N–H and O–H groups in total. The summed E-state index contributed by atoms with van der Waals surface area (Å²) in [5.41, 5.74) is 0. The Morgan fingerprint density at radius 1 is 1.88 bits per heavy atom. The first kappa shape index (κ1) is 17.0. The first-order chi connectivity index (χ1) is 2.77. The van der Waals surface area contributed by atoms with Crippen LogP contribution in [0.4, 0.5) is 0 Å². The monoisotopic (exact) mass is 184 g/mol. The molecule has 0 unspecified atom stereocenters. The molecule has 8 heavy (non-hydrogen) atoms. The third-order valence-corrected chi connectivity index (χ3v) is 0.498. The van der Waals surface area contributed by atoms with Gasteiger partial charge in [0.15, 0.2) is 0 Å². The molecule has 1 nitrogen and oxygen atoms in total. The van der Waals surface area contributed by atoms with Crippen LogP contribution in [0.3, 0.4) is 0 Å². The van der Waals surface area contributed by atoms with Gasteiger partial charge in [-0.15, -0.1) is 0 Å². The van der Waals surface area contributed by atoms with Crippen LogP contribution >= 0.6 is 12.2 Å². The van der Waals surface area contributed by atoms with Crippen molar-refractivity contribution in [3.8, 4) is 0 Å². The summed E-state index contributed by atoms with van der Waals surface area (Å²) >= 11 is 8.77. The predicted molar refractivity (Wildman–Crippen MR) is 32.7 cm³/mol. The van der Waals surface area contributed by atoms with Crippen molar-refractivity contribution in [1.82, 2.24) is 0 Å². The topological polar surface area (TPSA) is 9.23 Å². The van der Waals surface area contributed by atoms with Gasteiger partial charge in [-0.05, 0) is 6.92 Å². The molecular formula is C3H6KNaOS2. The minimum Gasteiger partial charge on any atom is -1.00 e. The molecule has 0 aromatic rings. The molecule has 0 aliphatic heterocycles. The van der Waals surface area contributed by atoms with Crippen molar-refractivity contribution < 1.29 is 87.1 Å². The fourth-order valence-corrected chi connectivity index (χ4v) is 0.354. The average molecular weight is 184 g/mol. The Morgan fingerprint density at radius 2 is 2.25 bits per heavy atom. The largest absolute Gasteiger partial charge is 1.00 e. The van der Waals surface area contributed by atoms with Gasteiger partial charge < -0.3 is 31.0 Å². The van der Waals surface area contributed by atoms with Crippen LogP contribution < -0.4 is 80.9 Å². The fourth-order valence-electron chi connectivity index (χ4n) is 0.118. The van der Waals surface area contributed by atoms with Gasteiger partial charge >= 0.3 is 80.9 Å². The van der Waals surface area contributed by atoms with Crippen molar-refractivity contribution in [2.24, 2.45) is 0 Å². The van der Waals surface area contributed by atoms with E-state index < -0.39 is 0 Å². The van der Waals surface area contributed by atoms with E-state index in [1.54, 1.807) is 0 Å². The third-order valence-electron chi connectivity index (χ3n) is 0.262. The molecular weight excluding hydrogens is 178 g/mol. The van der Waals surface area contributed by atoms with Gasteiger partial charge in [-0.25, -0.2) is 0 Å². The van der Waals surface area contributed by atoms with Crippen LogP contribution in [-0.4, -0.2) is 11.0 Å². The second kappa shape index (κ2) is 12.4. The van der Waals surface area contributed by atoms with E-state index in [0.29, 0.717) is 6.61 Å². The van der Waals surface area contributed by atoms with Gasteiger partial charge in [0, 0.05) is 4.38 Å². The normalized spacial score (nSPS) is 5.62. The molecule has 38 valence electrons. The Bertz CT molecular complexity index is 65.8. The summed E-state index contributed by atoms with van der Waals surface area (Å²) in [7, 11) is 0. The zero-order valence-corrected chi connectivity index (χ0v) is 12.2. The average Bonchev–Trinajstić information content (AvgIpc) is 1.35. The molecule has 5 heteroatoms. The zero-order chi connectivity index (χ0) is 4.99. The molecule has 0 amide bonds. The van der Waals surface area contributed by atoms with Gasteiger partial charge in [-0.1, -0.05) is 0 Å². The van der Waals surface area contributed by atoms with Crippen molar-refractivity contribution in [2.75, 3.05) is 6.61 Å². The molecule has 0 atom stereocenters. The molecule has 0 fully saturated rings. The maximum Gasteiger partial charge on any atom is 1.00 e. The second-order valence-corrected chi connectivity index (χ2v) is 1.68. The van der Waals surface area contributed by atoms with E-state index in [9.17, 15) is 0 Å². The van der Waals surface area contributed by atoms with Crippen LogP contribution in [0.15, 0.2) is 0 Å². The van der Waals surface area contributed by atoms with Gasteiger partial charge in [0.05, 0.1) is 6.61 Å². The SMILES string of the molecule is CCOC(=S)[S-].[H-].[K+].[Na+]. The summed E-state index contributed by atoms with van der Waals surface area (Å²) in [6, 6.07) is 0.